The number of nitrogens with one attached hydrogen (secondary N) is 1. The van der Waals surface area contributed by atoms with Gasteiger partial charge in [-0.05, 0) is 48.1 Å². The number of carboxylic acids is 1. The third-order valence-corrected chi connectivity index (χ3v) is 6.09. The minimum atomic E-state index is -0.830. The van der Waals surface area contributed by atoms with Crippen molar-refractivity contribution in [2.75, 3.05) is 27.4 Å². The van der Waals surface area contributed by atoms with Crippen molar-refractivity contribution in [3.63, 3.8) is 0 Å². The SMILES string of the molecule is COc1cc2c(c(F)c1OC)C(=N)N(CC(=O)c1ccc(OCCCCC(=O)O)c(C(C)(C)C)c1)C2. The van der Waals surface area contributed by atoms with Gasteiger partial charge >= 0.3 is 5.97 Å². The highest BCUT2D eigenvalue weighted by molar-refractivity contribution is 6.05. The predicted molar refractivity (Wildman–Crippen MR) is 133 cm³/mol. The van der Waals surface area contributed by atoms with Gasteiger partial charge in [0.1, 0.15) is 11.6 Å². The van der Waals surface area contributed by atoms with Crippen LogP contribution < -0.4 is 14.2 Å². The molecule has 2 N–H and O–H groups in total. The fourth-order valence-electron chi connectivity index (χ4n) is 4.20. The van der Waals surface area contributed by atoms with Crippen LogP contribution >= 0.6 is 0 Å². The Kier molecular flexibility index (Phi) is 8.22. The molecule has 0 saturated carbocycles. The van der Waals surface area contributed by atoms with E-state index in [4.69, 9.17) is 24.7 Å². The Bertz CT molecular complexity index is 1170. The highest BCUT2D eigenvalue weighted by Gasteiger charge is 2.33. The number of carbonyl (C=O) groups excluding carboxylic acids is 1. The molecule has 0 unspecified atom stereocenters. The van der Waals surface area contributed by atoms with Gasteiger partial charge < -0.3 is 24.2 Å². The molecule has 0 amide bonds. The first-order valence-electron chi connectivity index (χ1n) is 11.8. The molecule has 194 valence electrons. The molecule has 0 radical (unpaired) electrons. The van der Waals surface area contributed by atoms with Crippen molar-refractivity contribution >= 4 is 17.6 Å². The lowest BCUT2D eigenvalue weighted by molar-refractivity contribution is -0.137. The Morgan fingerprint density at radius 2 is 1.83 bits per heavy atom. The average molecular weight is 501 g/mol. The fourth-order valence-corrected chi connectivity index (χ4v) is 4.20. The number of hydrogen-bond acceptors (Lipinski definition) is 6. The second-order valence-electron chi connectivity index (χ2n) is 9.75. The van der Waals surface area contributed by atoms with Crippen molar-refractivity contribution in [1.29, 1.82) is 5.41 Å². The number of unbranched alkanes of at least 4 members (excludes halogenated alkanes) is 1. The van der Waals surface area contributed by atoms with Crippen LogP contribution in [0, 0.1) is 11.2 Å². The van der Waals surface area contributed by atoms with Crippen molar-refractivity contribution in [3.05, 3.63) is 52.3 Å². The van der Waals surface area contributed by atoms with E-state index in [9.17, 15) is 9.59 Å². The molecular weight excluding hydrogens is 467 g/mol. The molecule has 36 heavy (non-hydrogen) atoms. The Labute approximate surface area is 210 Å². The van der Waals surface area contributed by atoms with Gasteiger partial charge in [0.05, 0.1) is 32.9 Å². The molecule has 9 heteroatoms. The van der Waals surface area contributed by atoms with Gasteiger partial charge in [0.15, 0.2) is 23.1 Å². The minimum Gasteiger partial charge on any atom is -0.493 e. The summed E-state index contributed by atoms with van der Waals surface area (Å²) in [6.07, 6.45) is 1.24. The number of rotatable bonds is 11. The normalized spacial score (nSPS) is 12.9. The maximum atomic E-state index is 15.0. The maximum absolute atomic E-state index is 15.0. The monoisotopic (exact) mass is 500 g/mol. The van der Waals surface area contributed by atoms with Gasteiger partial charge in [-0.2, -0.15) is 0 Å². The number of fused-ring (bicyclic) bond motifs is 1. The predicted octanol–water partition coefficient (Wildman–Crippen LogP) is 4.80. The van der Waals surface area contributed by atoms with Crippen LogP contribution in [0.5, 0.6) is 17.2 Å². The van der Waals surface area contributed by atoms with Crippen molar-refractivity contribution in [3.8, 4) is 17.2 Å². The standard InChI is InChI=1S/C27H33FN2O6/c1-27(2,3)18-12-16(9-10-20(18)36-11-7-6-8-22(32)33)19(31)15-30-14-17-13-21(34-4)25(35-5)24(28)23(17)26(30)29/h9-10,12-13,29H,6-8,11,14-15H2,1-5H3,(H,32,33). The summed E-state index contributed by atoms with van der Waals surface area (Å²) >= 11 is 0. The Morgan fingerprint density at radius 1 is 1.11 bits per heavy atom. The van der Waals surface area contributed by atoms with E-state index in [0.717, 1.165) is 5.56 Å². The second kappa shape index (κ2) is 11.0. The summed E-state index contributed by atoms with van der Waals surface area (Å²) in [7, 11) is 2.75. The van der Waals surface area contributed by atoms with Crippen LogP contribution in [-0.2, 0) is 16.8 Å². The van der Waals surface area contributed by atoms with E-state index in [1.807, 2.05) is 20.8 Å². The summed E-state index contributed by atoms with van der Waals surface area (Å²) in [5.74, 6) is -0.961. The van der Waals surface area contributed by atoms with Crippen LogP contribution in [0.3, 0.4) is 0 Å². The van der Waals surface area contributed by atoms with Crippen molar-refractivity contribution < 1.29 is 33.3 Å². The number of benzene rings is 2. The van der Waals surface area contributed by atoms with Crippen molar-refractivity contribution in [2.45, 2.75) is 52.0 Å². The molecule has 1 aliphatic heterocycles. The van der Waals surface area contributed by atoms with Gasteiger partial charge in [-0.3, -0.25) is 15.0 Å². The average Bonchev–Trinajstić information content (AvgIpc) is 3.12. The zero-order valence-corrected chi connectivity index (χ0v) is 21.4. The van der Waals surface area contributed by atoms with Crippen LogP contribution in [0.15, 0.2) is 24.3 Å². The Balaban J connectivity index is 1.76. The quantitative estimate of drug-likeness (QED) is 0.337. The lowest BCUT2D eigenvalue weighted by Gasteiger charge is -2.24. The number of Topliss-reactive ketones (excluding diaryl/α,β-unsaturated/α-hetero) is 1. The summed E-state index contributed by atoms with van der Waals surface area (Å²) in [5, 5.41) is 17.3. The van der Waals surface area contributed by atoms with Crippen LogP contribution in [0.25, 0.3) is 0 Å². The molecule has 0 aromatic heterocycles. The highest BCUT2D eigenvalue weighted by atomic mass is 19.1. The van der Waals surface area contributed by atoms with E-state index in [1.54, 1.807) is 24.3 Å². The topological polar surface area (TPSA) is 109 Å². The molecule has 2 aromatic rings. The van der Waals surface area contributed by atoms with Crippen molar-refractivity contribution in [2.24, 2.45) is 0 Å². The lowest BCUT2D eigenvalue weighted by atomic mass is 9.85. The van der Waals surface area contributed by atoms with Crippen LogP contribution in [0.4, 0.5) is 4.39 Å². The lowest BCUT2D eigenvalue weighted by Crippen LogP contribution is -2.30. The van der Waals surface area contributed by atoms with Gasteiger partial charge in [-0.1, -0.05) is 20.8 Å². The van der Waals surface area contributed by atoms with E-state index >= 15 is 4.39 Å². The molecule has 0 fully saturated rings. The number of carbonyl (C=O) groups is 2. The van der Waals surface area contributed by atoms with Gasteiger partial charge in [0.25, 0.3) is 0 Å². The summed E-state index contributed by atoms with van der Waals surface area (Å²) in [6.45, 7) is 6.56. The number of halogens is 1. The third kappa shape index (κ3) is 5.78. The molecular formula is C27H33FN2O6. The number of amidine groups is 1. The largest absolute Gasteiger partial charge is 0.493 e. The van der Waals surface area contributed by atoms with Crippen molar-refractivity contribution in [1.82, 2.24) is 4.90 Å². The molecule has 2 aromatic carbocycles. The van der Waals surface area contributed by atoms with Crippen LogP contribution in [-0.4, -0.2) is 55.0 Å². The zero-order valence-electron chi connectivity index (χ0n) is 21.4. The first-order valence-corrected chi connectivity index (χ1v) is 11.8. The van der Waals surface area contributed by atoms with Gasteiger partial charge in [-0.15, -0.1) is 0 Å². The van der Waals surface area contributed by atoms with E-state index in [0.29, 0.717) is 36.3 Å². The third-order valence-electron chi connectivity index (χ3n) is 6.09. The molecule has 0 saturated heterocycles. The van der Waals surface area contributed by atoms with Gasteiger partial charge in [-0.25, -0.2) is 4.39 Å². The second-order valence-corrected chi connectivity index (χ2v) is 9.75. The maximum Gasteiger partial charge on any atom is 0.303 e. The van der Waals surface area contributed by atoms with E-state index < -0.39 is 11.8 Å². The summed E-state index contributed by atoms with van der Waals surface area (Å²) in [6, 6.07) is 6.87. The summed E-state index contributed by atoms with van der Waals surface area (Å²) in [5.41, 5.74) is 1.69. The number of nitrogens with zero attached hydrogens (tertiary/aromatic N) is 1. The van der Waals surface area contributed by atoms with Gasteiger partial charge in [0, 0.05) is 24.1 Å². The summed E-state index contributed by atoms with van der Waals surface area (Å²) < 4.78 is 31.3. The van der Waals surface area contributed by atoms with Gasteiger partial charge in [0.2, 0.25) is 0 Å². The molecule has 1 aliphatic rings. The molecule has 8 nitrogen and oxygen atoms in total. The number of methoxy groups -OCH3 is 2. The Hall–Kier alpha value is -3.62. The van der Waals surface area contributed by atoms with E-state index in [2.05, 4.69) is 0 Å². The van der Waals surface area contributed by atoms with E-state index in [-0.39, 0.29) is 53.6 Å². The minimum absolute atomic E-state index is 0.0671. The number of hydrogen-bond donors (Lipinski definition) is 2. The zero-order chi connectivity index (χ0) is 26.6. The molecule has 0 bridgehead atoms. The fraction of sp³-hybridized carbons (Fsp3) is 0.444. The molecule has 1 heterocycles. The molecule has 0 spiro atoms. The molecule has 0 atom stereocenters. The number of ether oxygens (including phenoxy) is 3. The first kappa shape index (κ1) is 27.0. The molecule has 3 rings (SSSR count). The van der Waals surface area contributed by atoms with Crippen LogP contribution in [0.2, 0.25) is 0 Å². The van der Waals surface area contributed by atoms with E-state index in [1.165, 1.54) is 19.1 Å². The number of carboxylic acid groups (broad SMARTS) is 1. The number of aliphatic carboxylic acids is 1. The molecule has 0 aliphatic carbocycles. The smallest absolute Gasteiger partial charge is 0.303 e. The highest BCUT2D eigenvalue weighted by Crippen LogP contribution is 2.38. The Morgan fingerprint density at radius 3 is 2.44 bits per heavy atom. The summed E-state index contributed by atoms with van der Waals surface area (Å²) in [4.78, 5) is 25.4. The first-order chi connectivity index (χ1) is 17.0. The van der Waals surface area contributed by atoms with Crippen LogP contribution in [0.1, 0.15) is 67.1 Å². The number of ketones is 1.